The minimum Gasteiger partial charge on any atom is -0.355 e. The molecule has 0 spiro atoms. The summed E-state index contributed by atoms with van der Waals surface area (Å²) in [6.07, 6.45) is 1.63. The fourth-order valence-electron chi connectivity index (χ4n) is 1.71. The second-order valence-corrected chi connectivity index (χ2v) is 5.02. The van der Waals surface area contributed by atoms with Crippen LogP contribution in [0.2, 0.25) is 0 Å². The maximum absolute atomic E-state index is 12.0. The molecule has 2 rings (SSSR count). The van der Waals surface area contributed by atoms with Gasteiger partial charge in [0, 0.05) is 24.1 Å². The molecule has 0 saturated heterocycles. The number of para-hydroxylation sites is 1. The molecule has 0 unspecified atom stereocenters. The number of benzene rings is 1. The summed E-state index contributed by atoms with van der Waals surface area (Å²) >= 11 is 0. The van der Waals surface area contributed by atoms with Crippen LogP contribution in [0, 0.1) is 5.92 Å². The minimum atomic E-state index is -0.143. The Hall–Kier alpha value is -2.36. The van der Waals surface area contributed by atoms with Gasteiger partial charge in [-0.05, 0) is 30.2 Å². The highest BCUT2D eigenvalue weighted by molar-refractivity contribution is 5.93. The van der Waals surface area contributed by atoms with Gasteiger partial charge in [0.1, 0.15) is 5.69 Å². The highest BCUT2D eigenvalue weighted by Gasteiger charge is 2.08. The van der Waals surface area contributed by atoms with E-state index in [0.29, 0.717) is 18.2 Å². The predicted octanol–water partition coefficient (Wildman–Crippen LogP) is 3.21. The van der Waals surface area contributed by atoms with Crippen molar-refractivity contribution in [2.75, 3.05) is 11.9 Å². The van der Waals surface area contributed by atoms with Gasteiger partial charge in [-0.25, -0.2) is 0 Å². The van der Waals surface area contributed by atoms with Crippen molar-refractivity contribution in [1.82, 2.24) is 10.3 Å². The molecule has 0 radical (unpaired) electrons. The van der Waals surface area contributed by atoms with Crippen LogP contribution in [-0.4, -0.2) is 17.4 Å². The number of pyridine rings is 1. The van der Waals surface area contributed by atoms with Crippen LogP contribution in [0.4, 0.5) is 11.4 Å². The molecule has 20 heavy (non-hydrogen) atoms. The molecule has 0 bridgehead atoms. The van der Waals surface area contributed by atoms with Gasteiger partial charge in [0.05, 0.1) is 0 Å². The number of aromatic nitrogens is 1. The van der Waals surface area contributed by atoms with Crippen molar-refractivity contribution < 1.29 is 4.79 Å². The van der Waals surface area contributed by atoms with Crippen LogP contribution < -0.4 is 10.6 Å². The molecule has 1 aromatic heterocycles. The van der Waals surface area contributed by atoms with E-state index in [2.05, 4.69) is 29.5 Å². The number of nitrogens with one attached hydrogen (secondary N) is 2. The van der Waals surface area contributed by atoms with E-state index in [-0.39, 0.29) is 5.91 Å². The summed E-state index contributed by atoms with van der Waals surface area (Å²) in [4.78, 5) is 16.1. The van der Waals surface area contributed by atoms with Crippen LogP contribution in [-0.2, 0) is 0 Å². The molecule has 0 fully saturated rings. The lowest BCUT2D eigenvalue weighted by atomic mass is 10.2. The molecule has 0 aliphatic carbocycles. The molecule has 2 N–H and O–H groups in total. The van der Waals surface area contributed by atoms with E-state index in [0.717, 1.165) is 11.4 Å². The van der Waals surface area contributed by atoms with Crippen LogP contribution in [0.5, 0.6) is 0 Å². The van der Waals surface area contributed by atoms with Crippen LogP contribution >= 0.6 is 0 Å². The third-order valence-corrected chi connectivity index (χ3v) is 2.73. The Kier molecular flexibility index (Phi) is 4.71. The standard InChI is InChI=1S/C16H19N3O/c1-12(2)11-18-16(20)15-10-14(8-9-17-15)19-13-6-4-3-5-7-13/h3-10,12H,11H2,1-2H3,(H,17,19)(H,18,20). The van der Waals surface area contributed by atoms with Gasteiger partial charge in [0.2, 0.25) is 0 Å². The van der Waals surface area contributed by atoms with Gasteiger partial charge in [0.25, 0.3) is 5.91 Å². The summed E-state index contributed by atoms with van der Waals surface area (Å²) < 4.78 is 0. The summed E-state index contributed by atoms with van der Waals surface area (Å²) in [7, 11) is 0. The topological polar surface area (TPSA) is 54.0 Å². The first-order valence-corrected chi connectivity index (χ1v) is 6.71. The fraction of sp³-hybridized carbons (Fsp3) is 0.250. The predicted molar refractivity (Wildman–Crippen MR) is 81.1 cm³/mol. The number of anilines is 2. The zero-order chi connectivity index (χ0) is 14.4. The zero-order valence-electron chi connectivity index (χ0n) is 11.8. The molecule has 4 heteroatoms. The third kappa shape index (κ3) is 4.09. The SMILES string of the molecule is CC(C)CNC(=O)c1cc(Nc2ccccc2)ccn1. The molecular weight excluding hydrogens is 250 g/mol. The first kappa shape index (κ1) is 14.1. The van der Waals surface area contributed by atoms with E-state index in [1.165, 1.54) is 0 Å². The normalized spacial score (nSPS) is 10.3. The van der Waals surface area contributed by atoms with Crippen LogP contribution in [0.15, 0.2) is 48.7 Å². The van der Waals surface area contributed by atoms with Crippen LogP contribution in [0.3, 0.4) is 0 Å². The maximum Gasteiger partial charge on any atom is 0.269 e. The zero-order valence-corrected chi connectivity index (χ0v) is 11.8. The van der Waals surface area contributed by atoms with Gasteiger partial charge in [-0.2, -0.15) is 0 Å². The van der Waals surface area contributed by atoms with Gasteiger partial charge < -0.3 is 10.6 Å². The molecule has 0 saturated carbocycles. The fourth-order valence-corrected chi connectivity index (χ4v) is 1.71. The van der Waals surface area contributed by atoms with E-state index in [4.69, 9.17) is 0 Å². The van der Waals surface area contributed by atoms with Gasteiger partial charge in [-0.3, -0.25) is 9.78 Å². The molecule has 104 valence electrons. The van der Waals surface area contributed by atoms with Crippen molar-refractivity contribution in [3.8, 4) is 0 Å². The number of nitrogens with zero attached hydrogens (tertiary/aromatic N) is 1. The largest absolute Gasteiger partial charge is 0.355 e. The van der Waals surface area contributed by atoms with E-state index >= 15 is 0 Å². The molecule has 0 aliphatic heterocycles. The number of carbonyl (C=O) groups is 1. The summed E-state index contributed by atoms with van der Waals surface area (Å²) in [6.45, 7) is 4.76. The van der Waals surface area contributed by atoms with Crippen molar-refractivity contribution in [2.24, 2.45) is 5.92 Å². The number of amides is 1. The van der Waals surface area contributed by atoms with E-state index in [9.17, 15) is 4.79 Å². The first-order chi connectivity index (χ1) is 9.65. The minimum absolute atomic E-state index is 0.143. The number of carbonyl (C=O) groups excluding carboxylic acids is 1. The average Bonchev–Trinajstić information content (AvgIpc) is 2.46. The number of rotatable bonds is 5. The number of hydrogen-bond acceptors (Lipinski definition) is 3. The average molecular weight is 269 g/mol. The van der Waals surface area contributed by atoms with Crippen molar-refractivity contribution >= 4 is 17.3 Å². The Morgan fingerprint density at radius 1 is 1.15 bits per heavy atom. The number of hydrogen-bond donors (Lipinski definition) is 2. The molecule has 0 aliphatic rings. The second kappa shape index (κ2) is 6.70. The van der Waals surface area contributed by atoms with Crippen molar-refractivity contribution in [3.05, 3.63) is 54.4 Å². The first-order valence-electron chi connectivity index (χ1n) is 6.71. The Morgan fingerprint density at radius 2 is 1.90 bits per heavy atom. The molecule has 1 aromatic carbocycles. The van der Waals surface area contributed by atoms with E-state index in [1.54, 1.807) is 12.3 Å². The summed E-state index contributed by atoms with van der Waals surface area (Å²) in [5.41, 5.74) is 2.25. The summed E-state index contributed by atoms with van der Waals surface area (Å²) in [5, 5.41) is 6.10. The lowest BCUT2D eigenvalue weighted by Crippen LogP contribution is -2.28. The van der Waals surface area contributed by atoms with Gasteiger partial charge >= 0.3 is 0 Å². The Morgan fingerprint density at radius 3 is 2.60 bits per heavy atom. The van der Waals surface area contributed by atoms with Crippen molar-refractivity contribution in [1.29, 1.82) is 0 Å². The maximum atomic E-state index is 12.0. The Labute approximate surface area is 119 Å². The Bertz CT molecular complexity index is 567. The van der Waals surface area contributed by atoms with Gasteiger partial charge in [-0.15, -0.1) is 0 Å². The molecule has 4 nitrogen and oxygen atoms in total. The quantitative estimate of drug-likeness (QED) is 0.876. The van der Waals surface area contributed by atoms with Crippen LogP contribution in [0.25, 0.3) is 0 Å². The monoisotopic (exact) mass is 269 g/mol. The molecule has 1 heterocycles. The van der Waals surface area contributed by atoms with Crippen molar-refractivity contribution in [2.45, 2.75) is 13.8 Å². The molecule has 1 amide bonds. The highest BCUT2D eigenvalue weighted by atomic mass is 16.1. The summed E-state index contributed by atoms with van der Waals surface area (Å²) in [6, 6.07) is 13.4. The third-order valence-electron chi connectivity index (χ3n) is 2.73. The van der Waals surface area contributed by atoms with E-state index < -0.39 is 0 Å². The summed E-state index contributed by atoms with van der Waals surface area (Å²) in [5.74, 6) is 0.278. The molecular formula is C16H19N3O. The second-order valence-electron chi connectivity index (χ2n) is 5.02. The molecule has 2 aromatic rings. The van der Waals surface area contributed by atoms with Gasteiger partial charge in [-0.1, -0.05) is 32.0 Å². The lowest BCUT2D eigenvalue weighted by molar-refractivity contribution is 0.0944. The van der Waals surface area contributed by atoms with E-state index in [1.807, 2.05) is 36.4 Å². The Balaban J connectivity index is 2.06. The van der Waals surface area contributed by atoms with Crippen LogP contribution in [0.1, 0.15) is 24.3 Å². The highest BCUT2D eigenvalue weighted by Crippen LogP contribution is 2.16. The molecule has 0 atom stereocenters. The lowest BCUT2D eigenvalue weighted by Gasteiger charge is -2.09. The van der Waals surface area contributed by atoms with Gasteiger partial charge in [0.15, 0.2) is 0 Å². The van der Waals surface area contributed by atoms with Crippen molar-refractivity contribution in [3.63, 3.8) is 0 Å². The smallest absolute Gasteiger partial charge is 0.269 e.